The van der Waals surface area contributed by atoms with Gasteiger partial charge in [-0.05, 0) is 18.2 Å². The van der Waals surface area contributed by atoms with Crippen LogP contribution >= 0.6 is 11.6 Å². The fourth-order valence-electron chi connectivity index (χ4n) is 1.64. The molecule has 1 aliphatic rings. The highest BCUT2D eigenvalue weighted by Crippen LogP contribution is 2.25. The highest BCUT2D eigenvalue weighted by Gasteiger charge is 2.31. The molecule has 1 aromatic carbocycles. The minimum Gasteiger partial charge on any atom is -0.388 e. The SMILES string of the molecule is O[C@@H]1CN(c2ccc(Cl)c(F)c2)C[C@H]1F. The van der Waals surface area contributed by atoms with Crippen molar-refractivity contribution in [2.24, 2.45) is 0 Å². The van der Waals surface area contributed by atoms with Gasteiger partial charge in [0.1, 0.15) is 18.1 Å². The number of β-amino-alcohol motifs (C(OH)–C–C–N with tert-alkyl or cyclic N) is 1. The highest BCUT2D eigenvalue weighted by atomic mass is 35.5. The van der Waals surface area contributed by atoms with Crippen LogP contribution in [0.2, 0.25) is 5.02 Å². The second-order valence-corrected chi connectivity index (χ2v) is 3.99. The molecule has 2 atom stereocenters. The number of rotatable bonds is 1. The molecule has 0 amide bonds. The van der Waals surface area contributed by atoms with Crippen molar-refractivity contribution in [3.8, 4) is 0 Å². The van der Waals surface area contributed by atoms with Gasteiger partial charge in [-0.1, -0.05) is 11.6 Å². The van der Waals surface area contributed by atoms with Crippen LogP contribution in [0, 0.1) is 5.82 Å². The van der Waals surface area contributed by atoms with Gasteiger partial charge in [0.2, 0.25) is 0 Å². The van der Waals surface area contributed by atoms with Crippen LogP contribution < -0.4 is 4.90 Å². The Hall–Kier alpha value is -0.870. The number of nitrogens with zero attached hydrogens (tertiary/aromatic N) is 1. The highest BCUT2D eigenvalue weighted by molar-refractivity contribution is 6.30. The van der Waals surface area contributed by atoms with Crippen LogP contribution in [0.5, 0.6) is 0 Å². The summed E-state index contributed by atoms with van der Waals surface area (Å²) in [7, 11) is 0. The number of anilines is 1. The van der Waals surface area contributed by atoms with Crippen molar-refractivity contribution >= 4 is 17.3 Å². The molecule has 0 radical (unpaired) electrons. The number of benzene rings is 1. The van der Waals surface area contributed by atoms with E-state index in [1.54, 1.807) is 11.0 Å². The van der Waals surface area contributed by atoms with Gasteiger partial charge >= 0.3 is 0 Å². The van der Waals surface area contributed by atoms with Gasteiger partial charge in [-0.15, -0.1) is 0 Å². The van der Waals surface area contributed by atoms with Gasteiger partial charge in [0, 0.05) is 12.2 Å². The molecule has 2 rings (SSSR count). The Bertz CT molecular complexity index is 364. The molecular weight excluding hydrogens is 224 g/mol. The quantitative estimate of drug-likeness (QED) is 0.802. The number of halogens is 3. The molecule has 0 bridgehead atoms. The molecule has 0 aromatic heterocycles. The van der Waals surface area contributed by atoms with E-state index in [1.807, 2.05) is 0 Å². The van der Waals surface area contributed by atoms with Gasteiger partial charge in [0.05, 0.1) is 11.6 Å². The zero-order valence-electron chi connectivity index (χ0n) is 7.83. The van der Waals surface area contributed by atoms with E-state index in [-0.39, 0.29) is 18.1 Å². The molecule has 1 heterocycles. The van der Waals surface area contributed by atoms with Crippen molar-refractivity contribution in [1.29, 1.82) is 0 Å². The van der Waals surface area contributed by atoms with Crippen molar-refractivity contribution in [3.05, 3.63) is 29.0 Å². The molecule has 0 saturated carbocycles. The molecule has 0 spiro atoms. The summed E-state index contributed by atoms with van der Waals surface area (Å²) in [5, 5.41) is 9.25. The summed E-state index contributed by atoms with van der Waals surface area (Å²) < 4.78 is 26.1. The Morgan fingerprint density at radius 2 is 2.13 bits per heavy atom. The Morgan fingerprint density at radius 1 is 1.40 bits per heavy atom. The summed E-state index contributed by atoms with van der Waals surface area (Å²) in [6, 6.07) is 4.27. The minimum absolute atomic E-state index is 0.0373. The smallest absolute Gasteiger partial charge is 0.145 e. The zero-order chi connectivity index (χ0) is 11.0. The zero-order valence-corrected chi connectivity index (χ0v) is 8.59. The second kappa shape index (κ2) is 3.94. The maximum atomic E-state index is 13.1. The summed E-state index contributed by atoms with van der Waals surface area (Å²) in [6.45, 7) is 0.268. The largest absolute Gasteiger partial charge is 0.388 e. The van der Waals surface area contributed by atoms with E-state index in [0.717, 1.165) is 0 Å². The van der Waals surface area contributed by atoms with Gasteiger partial charge in [0.25, 0.3) is 0 Å². The number of hydrogen-bond acceptors (Lipinski definition) is 2. The standard InChI is InChI=1S/C10H10ClF2NO/c11-7-2-1-6(3-8(7)12)14-4-9(13)10(15)5-14/h1-3,9-10,15H,4-5H2/t9-,10-/m1/s1. The first-order valence-electron chi connectivity index (χ1n) is 4.60. The first-order chi connectivity index (χ1) is 7.08. The van der Waals surface area contributed by atoms with Crippen LogP contribution in [0.1, 0.15) is 0 Å². The molecule has 82 valence electrons. The van der Waals surface area contributed by atoms with Crippen LogP contribution in [-0.4, -0.2) is 30.5 Å². The molecule has 1 N–H and O–H groups in total. The molecule has 15 heavy (non-hydrogen) atoms. The van der Waals surface area contributed by atoms with Gasteiger partial charge in [-0.3, -0.25) is 0 Å². The maximum absolute atomic E-state index is 13.1. The molecule has 1 aromatic rings. The lowest BCUT2D eigenvalue weighted by atomic mass is 10.3. The summed E-state index contributed by atoms with van der Waals surface area (Å²) in [5.74, 6) is -0.536. The van der Waals surface area contributed by atoms with Gasteiger partial charge in [-0.25, -0.2) is 8.78 Å². The third-order valence-electron chi connectivity index (χ3n) is 2.49. The van der Waals surface area contributed by atoms with E-state index >= 15 is 0 Å². The minimum atomic E-state index is -1.27. The lowest BCUT2D eigenvalue weighted by molar-refractivity contribution is 0.118. The predicted molar refractivity (Wildman–Crippen MR) is 54.5 cm³/mol. The summed E-state index contributed by atoms with van der Waals surface area (Å²) in [6.07, 6.45) is -2.27. The fourth-order valence-corrected chi connectivity index (χ4v) is 1.76. The molecule has 0 aliphatic carbocycles. The Balaban J connectivity index is 2.20. The lowest BCUT2D eigenvalue weighted by Crippen LogP contribution is -2.21. The summed E-state index contributed by atoms with van der Waals surface area (Å²) >= 11 is 5.53. The molecule has 5 heteroatoms. The average Bonchev–Trinajstić information content (AvgIpc) is 2.52. The third kappa shape index (κ3) is 2.06. The van der Waals surface area contributed by atoms with Crippen LogP contribution in [-0.2, 0) is 0 Å². The van der Waals surface area contributed by atoms with E-state index in [2.05, 4.69) is 0 Å². The summed E-state index contributed by atoms with van der Waals surface area (Å²) in [4.78, 5) is 1.59. The summed E-state index contributed by atoms with van der Waals surface area (Å²) in [5.41, 5.74) is 0.538. The molecule has 1 fully saturated rings. The molecule has 2 nitrogen and oxygen atoms in total. The maximum Gasteiger partial charge on any atom is 0.145 e. The number of alkyl halides is 1. The van der Waals surface area contributed by atoms with Crippen LogP contribution in [0.25, 0.3) is 0 Å². The van der Waals surface area contributed by atoms with E-state index < -0.39 is 18.1 Å². The first-order valence-corrected chi connectivity index (χ1v) is 4.98. The number of hydrogen-bond donors (Lipinski definition) is 1. The van der Waals surface area contributed by atoms with Crippen molar-refractivity contribution < 1.29 is 13.9 Å². The van der Waals surface area contributed by atoms with Crippen LogP contribution in [0.15, 0.2) is 18.2 Å². The number of aliphatic hydroxyl groups is 1. The van der Waals surface area contributed by atoms with Crippen molar-refractivity contribution in [2.45, 2.75) is 12.3 Å². The van der Waals surface area contributed by atoms with Crippen LogP contribution in [0.4, 0.5) is 14.5 Å². The normalized spacial score (nSPS) is 26.0. The molecule has 1 aliphatic heterocycles. The van der Waals surface area contributed by atoms with Crippen LogP contribution in [0.3, 0.4) is 0 Å². The van der Waals surface area contributed by atoms with Gasteiger partial charge in [0.15, 0.2) is 0 Å². The molecule has 0 unspecified atom stereocenters. The second-order valence-electron chi connectivity index (χ2n) is 3.59. The van der Waals surface area contributed by atoms with Gasteiger partial charge < -0.3 is 10.0 Å². The topological polar surface area (TPSA) is 23.5 Å². The molecular formula is C10H10ClF2NO. The van der Waals surface area contributed by atoms with Crippen molar-refractivity contribution in [2.75, 3.05) is 18.0 Å². The number of aliphatic hydroxyl groups excluding tert-OH is 1. The van der Waals surface area contributed by atoms with Crippen molar-refractivity contribution in [1.82, 2.24) is 0 Å². The average molecular weight is 234 g/mol. The predicted octanol–water partition coefficient (Wildman–Crippen LogP) is 2.00. The van der Waals surface area contributed by atoms with Crippen molar-refractivity contribution in [3.63, 3.8) is 0 Å². The monoisotopic (exact) mass is 233 g/mol. The van der Waals surface area contributed by atoms with Gasteiger partial charge in [-0.2, -0.15) is 0 Å². The Labute approximate surface area is 91.1 Å². The lowest BCUT2D eigenvalue weighted by Gasteiger charge is -2.17. The van der Waals surface area contributed by atoms with E-state index in [0.29, 0.717) is 5.69 Å². The molecule has 1 saturated heterocycles. The Kier molecular flexibility index (Phi) is 2.80. The Morgan fingerprint density at radius 3 is 2.67 bits per heavy atom. The fraction of sp³-hybridized carbons (Fsp3) is 0.400. The first kappa shape index (κ1) is 10.6. The van der Waals surface area contributed by atoms with E-state index in [4.69, 9.17) is 11.6 Å². The van der Waals surface area contributed by atoms with E-state index in [9.17, 15) is 13.9 Å². The van der Waals surface area contributed by atoms with E-state index in [1.165, 1.54) is 12.1 Å². The third-order valence-corrected chi connectivity index (χ3v) is 2.79.